The van der Waals surface area contributed by atoms with Crippen LogP contribution in [0.2, 0.25) is 0 Å². The Morgan fingerprint density at radius 3 is 2.19 bits per heavy atom. The van der Waals surface area contributed by atoms with Gasteiger partial charge >= 0.3 is 6.18 Å². The van der Waals surface area contributed by atoms with Gasteiger partial charge in [-0.05, 0) is 7.05 Å². The van der Waals surface area contributed by atoms with Crippen molar-refractivity contribution in [3.63, 3.8) is 0 Å². The van der Waals surface area contributed by atoms with Gasteiger partial charge in [0.05, 0.1) is 11.9 Å². The second-order valence-electron chi connectivity index (χ2n) is 4.18. The van der Waals surface area contributed by atoms with Crippen molar-refractivity contribution in [3.8, 4) is 5.69 Å². The Balaban J connectivity index is 2.64. The molecule has 0 amide bonds. The van der Waals surface area contributed by atoms with E-state index in [-0.39, 0.29) is 12.1 Å². The Hall–Kier alpha value is -2.03. The highest BCUT2D eigenvalue weighted by Gasteiger charge is 2.38. The van der Waals surface area contributed by atoms with Crippen molar-refractivity contribution in [2.24, 2.45) is 0 Å². The van der Waals surface area contributed by atoms with E-state index in [1.807, 2.05) is 0 Å². The lowest BCUT2D eigenvalue weighted by atomic mass is 10.2. The molecule has 0 radical (unpaired) electrons. The lowest BCUT2D eigenvalue weighted by Gasteiger charge is -2.13. The number of halogens is 6. The summed E-state index contributed by atoms with van der Waals surface area (Å²) in [6, 6.07) is 0.896. The van der Waals surface area contributed by atoms with E-state index in [1.165, 1.54) is 7.05 Å². The molecule has 0 fully saturated rings. The maximum Gasteiger partial charge on any atom is 0.433 e. The molecular formula is C12H9F6N3. The minimum atomic E-state index is -4.79. The summed E-state index contributed by atoms with van der Waals surface area (Å²) in [5, 5.41) is 6.02. The standard InChI is InChI=1S/C12H9F6N3/c1-19-4-6-5-20-21(11(6)12(16,17)18)7-2-8(13)10(15)9(14)3-7/h2-3,5,19H,4H2,1H3. The average Bonchev–Trinajstić information content (AvgIpc) is 2.79. The number of hydrogen-bond acceptors (Lipinski definition) is 2. The molecule has 0 aliphatic heterocycles. The fourth-order valence-corrected chi connectivity index (χ4v) is 1.86. The number of nitrogens with one attached hydrogen (secondary N) is 1. The van der Waals surface area contributed by atoms with E-state index in [9.17, 15) is 26.3 Å². The van der Waals surface area contributed by atoms with E-state index < -0.39 is 35.0 Å². The van der Waals surface area contributed by atoms with Gasteiger partial charge in [0.2, 0.25) is 0 Å². The van der Waals surface area contributed by atoms with Gasteiger partial charge < -0.3 is 5.32 Å². The SMILES string of the molecule is CNCc1cnn(-c2cc(F)c(F)c(F)c2)c1C(F)(F)F. The van der Waals surface area contributed by atoms with Crippen LogP contribution in [0.1, 0.15) is 11.3 Å². The average molecular weight is 309 g/mol. The van der Waals surface area contributed by atoms with Crippen LogP contribution in [-0.2, 0) is 12.7 Å². The number of alkyl halides is 3. The topological polar surface area (TPSA) is 29.9 Å². The summed E-state index contributed by atoms with van der Waals surface area (Å²) in [5.74, 6) is -4.94. The van der Waals surface area contributed by atoms with E-state index >= 15 is 0 Å². The largest absolute Gasteiger partial charge is 0.433 e. The van der Waals surface area contributed by atoms with Gasteiger partial charge in [0.15, 0.2) is 23.1 Å². The summed E-state index contributed by atoms with van der Waals surface area (Å²) < 4.78 is 78.8. The van der Waals surface area contributed by atoms with Crippen molar-refractivity contribution < 1.29 is 26.3 Å². The van der Waals surface area contributed by atoms with Crippen LogP contribution >= 0.6 is 0 Å². The monoisotopic (exact) mass is 309 g/mol. The van der Waals surface area contributed by atoms with E-state index in [1.54, 1.807) is 0 Å². The molecule has 3 nitrogen and oxygen atoms in total. The second kappa shape index (κ2) is 5.40. The van der Waals surface area contributed by atoms with Crippen LogP contribution in [0.3, 0.4) is 0 Å². The molecule has 9 heteroatoms. The summed E-state index contributed by atoms with van der Waals surface area (Å²) >= 11 is 0. The van der Waals surface area contributed by atoms with Crippen LogP contribution in [0.15, 0.2) is 18.3 Å². The Labute approximate surface area is 115 Å². The predicted molar refractivity (Wildman–Crippen MR) is 61.2 cm³/mol. The van der Waals surface area contributed by atoms with E-state index in [0.29, 0.717) is 16.8 Å². The fraction of sp³-hybridized carbons (Fsp3) is 0.250. The van der Waals surface area contributed by atoms with Crippen molar-refractivity contribution in [3.05, 3.63) is 47.0 Å². The van der Waals surface area contributed by atoms with Crippen LogP contribution in [-0.4, -0.2) is 16.8 Å². The number of benzene rings is 1. The first-order chi connectivity index (χ1) is 9.75. The molecule has 0 aliphatic carbocycles. The molecular weight excluding hydrogens is 300 g/mol. The molecule has 1 aromatic carbocycles. The zero-order valence-corrected chi connectivity index (χ0v) is 10.6. The van der Waals surface area contributed by atoms with Gasteiger partial charge in [0.1, 0.15) is 0 Å². The minimum Gasteiger partial charge on any atom is -0.316 e. The first-order valence-electron chi connectivity index (χ1n) is 5.69. The van der Waals surface area contributed by atoms with Gasteiger partial charge in [-0.15, -0.1) is 0 Å². The van der Waals surface area contributed by atoms with Gasteiger partial charge in [0.25, 0.3) is 0 Å². The predicted octanol–water partition coefficient (Wildman–Crippen LogP) is 3.03. The molecule has 114 valence electrons. The highest BCUT2D eigenvalue weighted by atomic mass is 19.4. The fourth-order valence-electron chi connectivity index (χ4n) is 1.86. The molecule has 0 spiro atoms. The molecule has 1 aromatic heterocycles. The first kappa shape index (κ1) is 15.4. The van der Waals surface area contributed by atoms with Gasteiger partial charge in [-0.2, -0.15) is 18.3 Å². The summed E-state index contributed by atoms with van der Waals surface area (Å²) in [6.07, 6.45) is -3.86. The van der Waals surface area contributed by atoms with Crippen LogP contribution in [0, 0.1) is 17.5 Å². The molecule has 0 saturated carbocycles. The maximum atomic E-state index is 13.2. The molecule has 21 heavy (non-hydrogen) atoms. The van der Waals surface area contributed by atoms with Crippen molar-refractivity contribution in [2.45, 2.75) is 12.7 Å². The third-order valence-electron chi connectivity index (χ3n) is 2.69. The van der Waals surface area contributed by atoms with Gasteiger partial charge in [0, 0.05) is 24.2 Å². The highest BCUT2D eigenvalue weighted by molar-refractivity contribution is 5.37. The number of hydrogen-bond donors (Lipinski definition) is 1. The van der Waals surface area contributed by atoms with Crippen LogP contribution in [0.5, 0.6) is 0 Å². The van der Waals surface area contributed by atoms with E-state index in [4.69, 9.17) is 0 Å². The molecule has 1 N–H and O–H groups in total. The zero-order valence-electron chi connectivity index (χ0n) is 10.6. The van der Waals surface area contributed by atoms with Gasteiger partial charge in [-0.1, -0.05) is 0 Å². The normalized spacial score (nSPS) is 12.0. The summed E-state index contributed by atoms with van der Waals surface area (Å²) in [5.41, 5.74) is -1.93. The Morgan fingerprint density at radius 1 is 1.14 bits per heavy atom. The van der Waals surface area contributed by atoms with Crippen molar-refractivity contribution in [2.75, 3.05) is 7.05 Å². The van der Waals surface area contributed by atoms with Crippen LogP contribution < -0.4 is 5.32 Å². The Morgan fingerprint density at radius 2 is 1.71 bits per heavy atom. The lowest BCUT2D eigenvalue weighted by molar-refractivity contribution is -0.143. The second-order valence-corrected chi connectivity index (χ2v) is 4.18. The lowest BCUT2D eigenvalue weighted by Crippen LogP contribution is -2.18. The molecule has 0 saturated heterocycles. The summed E-state index contributed by atoms with van der Waals surface area (Å²) in [6.45, 7) is -0.138. The minimum absolute atomic E-state index is 0.138. The zero-order chi connectivity index (χ0) is 15.8. The summed E-state index contributed by atoms with van der Waals surface area (Å²) in [4.78, 5) is 0. The third kappa shape index (κ3) is 2.87. The van der Waals surface area contributed by atoms with Gasteiger partial charge in [-0.3, -0.25) is 0 Å². The molecule has 0 atom stereocenters. The Bertz CT molecular complexity index is 638. The number of nitrogens with zero attached hydrogens (tertiary/aromatic N) is 2. The number of aromatic nitrogens is 2. The van der Waals surface area contributed by atoms with Crippen molar-refractivity contribution >= 4 is 0 Å². The summed E-state index contributed by atoms with van der Waals surface area (Å²) in [7, 11) is 1.44. The van der Waals surface area contributed by atoms with Gasteiger partial charge in [-0.25, -0.2) is 17.9 Å². The maximum absolute atomic E-state index is 13.2. The highest BCUT2D eigenvalue weighted by Crippen LogP contribution is 2.34. The Kier molecular flexibility index (Phi) is 3.95. The smallest absolute Gasteiger partial charge is 0.316 e. The van der Waals surface area contributed by atoms with E-state index in [2.05, 4.69) is 10.4 Å². The molecule has 0 unspecified atom stereocenters. The van der Waals surface area contributed by atoms with Crippen molar-refractivity contribution in [1.82, 2.24) is 15.1 Å². The van der Waals surface area contributed by atoms with Crippen LogP contribution in [0.4, 0.5) is 26.3 Å². The number of rotatable bonds is 3. The molecule has 0 aliphatic rings. The van der Waals surface area contributed by atoms with Crippen LogP contribution in [0.25, 0.3) is 5.69 Å². The quantitative estimate of drug-likeness (QED) is 0.698. The van der Waals surface area contributed by atoms with Crippen molar-refractivity contribution in [1.29, 1.82) is 0 Å². The molecule has 0 bridgehead atoms. The first-order valence-corrected chi connectivity index (χ1v) is 5.69. The molecule has 1 heterocycles. The van der Waals surface area contributed by atoms with E-state index in [0.717, 1.165) is 6.20 Å². The third-order valence-corrected chi connectivity index (χ3v) is 2.69. The molecule has 2 rings (SSSR count). The molecule has 2 aromatic rings.